The number of fused-ring (bicyclic) bond motifs is 1. The van der Waals surface area contributed by atoms with Crippen molar-refractivity contribution in [2.75, 3.05) is 5.73 Å². The second-order valence-corrected chi connectivity index (χ2v) is 5.47. The highest BCUT2D eigenvalue weighted by atomic mass is 32.2. The van der Waals surface area contributed by atoms with Crippen molar-refractivity contribution in [3.63, 3.8) is 0 Å². The summed E-state index contributed by atoms with van der Waals surface area (Å²) in [6, 6.07) is 16.0. The summed E-state index contributed by atoms with van der Waals surface area (Å²) >= 11 is 1.13. The topological polar surface area (TPSA) is 26.0 Å². The van der Waals surface area contributed by atoms with Gasteiger partial charge in [-0.1, -0.05) is 42.1 Å². The SMILES string of the molecule is Nc1ccc(F)c(F)c1Sc1ccc2ccccc2c1. The van der Waals surface area contributed by atoms with Crippen LogP contribution in [-0.2, 0) is 0 Å². The first kappa shape index (κ1) is 12.9. The lowest BCUT2D eigenvalue weighted by atomic mass is 10.1. The zero-order valence-corrected chi connectivity index (χ0v) is 11.3. The van der Waals surface area contributed by atoms with Crippen LogP contribution in [0.25, 0.3) is 10.8 Å². The maximum atomic E-state index is 13.8. The lowest BCUT2D eigenvalue weighted by Gasteiger charge is -2.08. The molecule has 0 aliphatic heterocycles. The smallest absolute Gasteiger partial charge is 0.174 e. The lowest BCUT2D eigenvalue weighted by molar-refractivity contribution is 0.492. The molecule has 0 radical (unpaired) electrons. The molecular formula is C16H11F2NS. The molecule has 0 aliphatic rings. The Morgan fingerprint density at radius 1 is 0.850 bits per heavy atom. The largest absolute Gasteiger partial charge is 0.398 e. The van der Waals surface area contributed by atoms with Gasteiger partial charge in [-0.3, -0.25) is 0 Å². The number of hydrogen-bond donors (Lipinski definition) is 1. The summed E-state index contributed by atoms with van der Waals surface area (Å²) in [6.45, 7) is 0. The average molecular weight is 287 g/mol. The lowest BCUT2D eigenvalue weighted by Crippen LogP contribution is -1.95. The van der Waals surface area contributed by atoms with Crippen LogP contribution in [0.1, 0.15) is 0 Å². The molecular weight excluding hydrogens is 276 g/mol. The summed E-state index contributed by atoms with van der Waals surface area (Å²) in [5, 5.41) is 2.15. The Morgan fingerprint density at radius 3 is 2.40 bits per heavy atom. The number of nitrogens with two attached hydrogens (primary N) is 1. The van der Waals surface area contributed by atoms with Gasteiger partial charge in [0.1, 0.15) is 0 Å². The van der Waals surface area contributed by atoms with Crippen molar-refractivity contribution in [2.24, 2.45) is 0 Å². The second kappa shape index (κ2) is 5.13. The minimum Gasteiger partial charge on any atom is -0.398 e. The van der Waals surface area contributed by atoms with Gasteiger partial charge >= 0.3 is 0 Å². The Morgan fingerprint density at radius 2 is 1.60 bits per heavy atom. The molecule has 0 atom stereocenters. The van der Waals surface area contributed by atoms with Gasteiger partial charge in [0.2, 0.25) is 0 Å². The van der Waals surface area contributed by atoms with Crippen LogP contribution in [0.4, 0.5) is 14.5 Å². The first-order valence-corrected chi connectivity index (χ1v) is 6.87. The van der Waals surface area contributed by atoms with E-state index in [1.54, 1.807) is 0 Å². The molecule has 3 rings (SSSR count). The second-order valence-electron chi connectivity index (χ2n) is 4.39. The van der Waals surface area contributed by atoms with Gasteiger partial charge in [0.25, 0.3) is 0 Å². The van der Waals surface area contributed by atoms with Gasteiger partial charge in [0, 0.05) is 10.6 Å². The average Bonchev–Trinajstić information content (AvgIpc) is 2.47. The molecule has 4 heteroatoms. The molecule has 20 heavy (non-hydrogen) atoms. The summed E-state index contributed by atoms with van der Waals surface area (Å²) in [5.41, 5.74) is 5.96. The minimum atomic E-state index is -0.900. The van der Waals surface area contributed by atoms with E-state index < -0.39 is 11.6 Å². The van der Waals surface area contributed by atoms with Crippen LogP contribution in [0.15, 0.2) is 64.4 Å². The van der Waals surface area contributed by atoms with Gasteiger partial charge in [-0.05, 0) is 35.0 Å². The van der Waals surface area contributed by atoms with E-state index in [1.165, 1.54) is 6.07 Å². The molecule has 1 nitrogen and oxygen atoms in total. The number of benzene rings is 3. The van der Waals surface area contributed by atoms with E-state index in [0.717, 1.165) is 33.5 Å². The molecule has 2 N–H and O–H groups in total. The van der Waals surface area contributed by atoms with E-state index in [-0.39, 0.29) is 10.6 Å². The number of rotatable bonds is 2. The van der Waals surface area contributed by atoms with Gasteiger partial charge < -0.3 is 5.73 Å². The molecule has 0 spiro atoms. The summed E-state index contributed by atoms with van der Waals surface area (Å²) in [5.74, 6) is -1.79. The molecule has 0 aromatic heterocycles. The van der Waals surface area contributed by atoms with Gasteiger partial charge in [-0.15, -0.1) is 0 Å². The van der Waals surface area contributed by atoms with Crippen molar-refractivity contribution in [3.8, 4) is 0 Å². The Labute approximate surface area is 119 Å². The Hall–Kier alpha value is -2.07. The first-order valence-electron chi connectivity index (χ1n) is 6.05. The fourth-order valence-electron chi connectivity index (χ4n) is 2.00. The summed E-state index contributed by atoms with van der Waals surface area (Å²) in [7, 11) is 0. The summed E-state index contributed by atoms with van der Waals surface area (Å²) in [6.07, 6.45) is 0. The fraction of sp³-hybridized carbons (Fsp3) is 0. The van der Waals surface area contributed by atoms with Crippen LogP contribution in [0.2, 0.25) is 0 Å². The van der Waals surface area contributed by atoms with Crippen LogP contribution in [0.5, 0.6) is 0 Å². The molecule has 0 bridgehead atoms. The highest BCUT2D eigenvalue weighted by Crippen LogP contribution is 2.36. The molecule has 0 saturated carbocycles. The third-order valence-electron chi connectivity index (χ3n) is 3.02. The number of anilines is 1. The van der Waals surface area contributed by atoms with Crippen LogP contribution in [-0.4, -0.2) is 0 Å². The maximum Gasteiger partial charge on any atom is 0.174 e. The van der Waals surface area contributed by atoms with Gasteiger partial charge in [-0.2, -0.15) is 0 Å². The highest BCUT2D eigenvalue weighted by Gasteiger charge is 2.13. The van der Waals surface area contributed by atoms with Crippen molar-refractivity contribution in [3.05, 3.63) is 66.2 Å². The fourth-order valence-corrected chi connectivity index (χ4v) is 2.93. The summed E-state index contributed by atoms with van der Waals surface area (Å²) in [4.78, 5) is 0.945. The quantitative estimate of drug-likeness (QED) is 0.682. The van der Waals surface area contributed by atoms with Crippen molar-refractivity contribution in [1.29, 1.82) is 0 Å². The molecule has 0 heterocycles. The number of hydrogen-bond acceptors (Lipinski definition) is 2. The first-order chi connectivity index (χ1) is 9.65. The molecule has 0 saturated heterocycles. The molecule has 0 fully saturated rings. The van der Waals surface area contributed by atoms with Gasteiger partial charge in [0.05, 0.1) is 4.90 Å². The van der Waals surface area contributed by atoms with Crippen molar-refractivity contribution < 1.29 is 8.78 Å². The Balaban J connectivity index is 2.03. The van der Waals surface area contributed by atoms with Crippen molar-refractivity contribution >= 4 is 28.2 Å². The Kier molecular flexibility index (Phi) is 3.32. The molecule has 0 unspecified atom stereocenters. The van der Waals surface area contributed by atoms with E-state index in [0.29, 0.717) is 0 Å². The third-order valence-corrected chi connectivity index (χ3v) is 4.13. The van der Waals surface area contributed by atoms with E-state index in [9.17, 15) is 8.78 Å². The van der Waals surface area contributed by atoms with Crippen LogP contribution >= 0.6 is 11.8 Å². The predicted octanol–water partition coefficient (Wildman–Crippen LogP) is 4.85. The third kappa shape index (κ3) is 2.34. The van der Waals surface area contributed by atoms with E-state index in [1.807, 2.05) is 42.5 Å². The van der Waals surface area contributed by atoms with Crippen LogP contribution < -0.4 is 5.73 Å². The normalized spacial score (nSPS) is 10.9. The van der Waals surface area contributed by atoms with E-state index in [4.69, 9.17) is 5.73 Å². The van der Waals surface area contributed by atoms with Gasteiger partial charge in [-0.25, -0.2) is 8.78 Å². The van der Waals surface area contributed by atoms with E-state index >= 15 is 0 Å². The van der Waals surface area contributed by atoms with Crippen LogP contribution in [0.3, 0.4) is 0 Å². The van der Waals surface area contributed by atoms with E-state index in [2.05, 4.69) is 0 Å². The zero-order chi connectivity index (χ0) is 14.1. The van der Waals surface area contributed by atoms with Crippen molar-refractivity contribution in [2.45, 2.75) is 9.79 Å². The predicted molar refractivity (Wildman–Crippen MR) is 78.8 cm³/mol. The molecule has 3 aromatic rings. The zero-order valence-electron chi connectivity index (χ0n) is 10.4. The van der Waals surface area contributed by atoms with Crippen LogP contribution in [0, 0.1) is 11.6 Å². The molecule has 0 aliphatic carbocycles. The monoisotopic (exact) mass is 287 g/mol. The molecule has 100 valence electrons. The highest BCUT2D eigenvalue weighted by molar-refractivity contribution is 7.99. The Bertz CT molecular complexity index is 787. The van der Waals surface area contributed by atoms with Crippen molar-refractivity contribution in [1.82, 2.24) is 0 Å². The standard InChI is InChI=1S/C16H11F2NS/c17-13-7-8-14(19)16(15(13)18)20-12-6-5-10-3-1-2-4-11(10)9-12/h1-9H,19H2. The number of nitrogen functional groups attached to an aromatic ring is 1. The summed E-state index contributed by atoms with van der Waals surface area (Å²) < 4.78 is 27.1. The molecule has 3 aromatic carbocycles. The minimum absolute atomic E-state index is 0.125. The maximum absolute atomic E-state index is 13.8. The van der Waals surface area contributed by atoms with Gasteiger partial charge in [0.15, 0.2) is 11.6 Å². The molecule has 0 amide bonds. The number of halogens is 2.